The van der Waals surface area contributed by atoms with Crippen molar-refractivity contribution in [3.05, 3.63) is 35.8 Å². The van der Waals surface area contributed by atoms with Gasteiger partial charge in [-0.3, -0.25) is 4.99 Å². The average Bonchev–Trinajstić information content (AvgIpc) is 3.07. The van der Waals surface area contributed by atoms with Gasteiger partial charge in [0.15, 0.2) is 5.96 Å². The summed E-state index contributed by atoms with van der Waals surface area (Å²) in [6, 6.07) is 5.26. The van der Waals surface area contributed by atoms with Gasteiger partial charge in [-0.25, -0.2) is 4.39 Å². The second-order valence-electron chi connectivity index (χ2n) is 7.23. The Hall–Kier alpha value is -2.08. The summed E-state index contributed by atoms with van der Waals surface area (Å²) in [6.07, 6.45) is 5.07. The van der Waals surface area contributed by atoms with Gasteiger partial charge in [0, 0.05) is 36.2 Å². The molecule has 1 heterocycles. The Morgan fingerprint density at radius 2 is 2.04 bits per heavy atom. The molecular formula is C22H36FN5. The Labute approximate surface area is 168 Å². The van der Waals surface area contributed by atoms with E-state index >= 15 is 0 Å². The number of aliphatic imine (C=N–C) groups is 1. The summed E-state index contributed by atoms with van der Waals surface area (Å²) in [7, 11) is 0. The van der Waals surface area contributed by atoms with Crippen molar-refractivity contribution in [3.8, 4) is 0 Å². The van der Waals surface area contributed by atoms with Gasteiger partial charge in [-0.15, -0.1) is 0 Å². The molecule has 0 aliphatic heterocycles. The number of aromatic amines is 1. The molecular weight excluding hydrogens is 353 g/mol. The standard InChI is InChI=1S/C22H36FN5/c1-5-24-22(27-17(4)9-8-14-28(6-2)7-3)25-13-12-18-16-26-21-15-19(23)10-11-20(18)21/h10-11,15-17,26H,5-9,12-14H2,1-4H3,(H2,24,25,27). The van der Waals surface area contributed by atoms with E-state index in [0.717, 1.165) is 55.9 Å². The maximum atomic E-state index is 13.3. The zero-order valence-corrected chi connectivity index (χ0v) is 17.8. The molecule has 0 aliphatic rings. The summed E-state index contributed by atoms with van der Waals surface area (Å²) in [5, 5.41) is 7.92. The third-order valence-corrected chi connectivity index (χ3v) is 5.11. The zero-order valence-electron chi connectivity index (χ0n) is 17.8. The normalized spacial score (nSPS) is 13.3. The summed E-state index contributed by atoms with van der Waals surface area (Å²) in [4.78, 5) is 10.3. The zero-order chi connectivity index (χ0) is 20.4. The van der Waals surface area contributed by atoms with Crippen molar-refractivity contribution < 1.29 is 4.39 Å². The number of hydrogen-bond donors (Lipinski definition) is 3. The highest BCUT2D eigenvalue weighted by molar-refractivity contribution is 5.83. The molecule has 1 unspecified atom stereocenters. The molecule has 28 heavy (non-hydrogen) atoms. The first-order chi connectivity index (χ1) is 13.6. The van der Waals surface area contributed by atoms with Gasteiger partial charge in [-0.2, -0.15) is 0 Å². The summed E-state index contributed by atoms with van der Waals surface area (Å²) in [5.41, 5.74) is 2.01. The van der Waals surface area contributed by atoms with Gasteiger partial charge in [0.2, 0.25) is 0 Å². The Morgan fingerprint density at radius 3 is 2.75 bits per heavy atom. The highest BCUT2D eigenvalue weighted by Gasteiger charge is 2.08. The number of nitrogens with zero attached hydrogens (tertiary/aromatic N) is 2. The molecule has 1 aromatic heterocycles. The van der Waals surface area contributed by atoms with Crippen LogP contribution in [0.25, 0.3) is 10.9 Å². The first kappa shape index (κ1) is 22.2. The predicted octanol–water partition coefficient (Wildman–Crippen LogP) is 3.92. The molecule has 0 radical (unpaired) electrons. The number of hydrogen-bond acceptors (Lipinski definition) is 2. The van der Waals surface area contributed by atoms with Gasteiger partial charge in [0.25, 0.3) is 0 Å². The number of fused-ring (bicyclic) bond motifs is 1. The quantitative estimate of drug-likeness (QED) is 0.403. The SMILES string of the molecule is CCNC(=NCCc1c[nH]c2cc(F)ccc12)NC(C)CCCN(CC)CC. The number of guanidine groups is 1. The van der Waals surface area contributed by atoms with Gasteiger partial charge in [-0.1, -0.05) is 13.8 Å². The fourth-order valence-corrected chi connectivity index (χ4v) is 3.44. The number of aromatic nitrogens is 1. The van der Waals surface area contributed by atoms with Crippen LogP contribution < -0.4 is 10.6 Å². The topological polar surface area (TPSA) is 55.5 Å². The van der Waals surface area contributed by atoms with Crippen molar-refractivity contribution in [3.63, 3.8) is 0 Å². The van der Waals surface area contributed by atoms with Gasteiger partial charge < -0.3 is 20.5 Å². The molecule has 5 nitrogen and oxygen atoms in total. The smallest absolute Gasteiger partial charge is 0.191 e. The minimum atomic E-state index is -0.215. The Bertz CT molecular complexity index is 736. The third kappa shape index (κ3) is 6.82. The maximum absolute atomic E-state index is 13.3. The van der Waals surface area contributed by atoms with Gasteiger partial charge in [0.05, 0.1) is 0 Å². The molecule has 0 saturated carbocycles. The Kier molecular flexibility index (Phi) is 9.28. The van der Waals surface area contributed by atoms with E-state index in [4.69, 9.17) is 4.99 Å². The first-order valence-electron chi connectivity index (χ1n) is 10.6. The van der Waals surface area contributed by atoms with Crippen LogP contribution in [-0.2, 0) is 6.42 Å². The molecule has 3 N–H and O–H groups in total. The minimum Gasteiger partial charge on any atom is -0.361 e. The third-order valence-electron chi connectivity index (χ3n) is 5.11. The summed E-state index contributed by atoms with van der Waals surface area (Å²) >= 11 is 0. The molecule has 1 atom stereocenters. The van der Waals surface area contributed by atoms with Crippen LogP contribution in [0.5, 0.6) is 0 Å². The van der Waals surface area contributed by atoms with E-state index in [9.17, 15) is 4.39 Å². The van der Waals surface area contributed by atoms with E-state index in [1.165, 1.54) is 24.1 Å². The van der Waals surface area contributed by atoms with Gasteiger partial charge >= 0.3 is 0 Å². The van der Waals surface area contributed by atoms with Crippen molar-refractivity contribution in [1.82, 2.24) is 20.5 Å². The highest BCUT2D eigenvalue weighted by Crippen LogP contribution is 2.19. The van der Waals surface area contributed by atoms with Crippen LogP contribution in [-0.4, -0.2) is 54.6 Å². The van der Waals surface area contributed by atoms with Crippen LogP contribution >= 0.6 is 0 Å². The summed E-state index contributed by atoms with van der Waals surface area (Å²) in [6.45, 7) is 13.6. The molecule has 2 aromatic rings. The fraction of sp³-hybridized carbons (Fsp3) is 0.591. The summed E-state index contributed by atoms with van der Waals surface area (Å²) in [5.74, 6) is 0.649. The predicted molar refractivity (Wildman–Crippen MR) is 118 cm³/mol. The minimum absolute atomic E-state index is 0.215. The highest BCUT2D eigenvalue weighted by atomic mass is 19.1. The lowest BCUT2D eigenvalue weighted by atomic mass is 10.1. The van der Waals surface area contributed by atoms with Crippen molar-refractivity contribution in [2.24, 2.45) is 4.99 Å². The van der Waals surface area contributed by atoms with E-state index in [2.05, 4.69) is 48.2 Å². The molecule has 0 amide bonds. The van der Waals surface area contributed by atoms with Crippen LogP contribution in [0.2, 0.25) is 0 Å². The van der Waals surface area contributed by atoms with Crippen LogP contribution in [0.4, 0.5) is 4.39 Å². The lowest BCUT2D eigenvalue weighted by molar-refractivity contribution is 0.292. The van der Waals surface area contributed by atoms with Crippen LogP contribution in [0, 0.1) is 5.82 Å². The van der Waals surface area contributed by atoms with Crippen molar-refractivity contribution in [1.29, 1.82) is 0 Å². The van der Waals surface area contributed by atoms with E-state index in [1.54, 1.807) is 0 Å². The maximum Gasteiger partial charge on any atom is 0.191 e. The van der Waals surface area contributed by atoms with E-state index in [-0.39, 0.29) is 5.82 Å². The lowest BCUT2D eigenvalue weighted by Crippen LogP contribution is -2.42. The molecule has 0 aliphatic carbocycles. The molecule has 0 saturated heterocycles. The molecule has 2 rings (SSSR count). The molecule has 6 heteroatoms. The van der Waals surface area contributed by atoms with Crippen LogP contribution in [0.15, 0.2) is 29.4 Å². The molecule has 1 aromatic carbocycles. The van der Waals surface area contributed by atoms with E-state index < -0.39 is 0 Å². The molecule has 0 spiro atoms. The molecule has 0 fully saturated rings. The number of nitrogens with one attached hydrogen (secondary N) is 3. The van der Waals surface area contributed by atoms with Crippen LogP contribution in [0.1, 0.15) is 46.1 Å². The van der Waals surface area contributed by atoms with Crippen molar-refractivity contribution in [2.75, 3.05) is 32.7 Å². The lowest BCUT2D eigenvalue weighted by Gasteiger charge is -2.21. The number of rotatable bonds is 11. The molecule has 156 valence electrons. The van der Waals surface area contributed by atoms with Crippen molar-refractivity contribution >= 4 is 16.9 Å². The first-order valence-corrected chi connectivity index (χ1v) is 10.6. The molecule has 0 bridgehead atoms. The van der Waals surface area contributed by atoms with E-state index in [0.29, 0.717) is 12.6 Å². The average molecular weight is 390 g/mol. The second kappa shape index (κ2) is 11.7. The monoisotopic (exact) mass is 389 g/mol. The number of H-pyrrole nitrogens is 1. The Morgan fingerprint density at radius 1 is 1.25 bits per heavy atom. The number of benzene rings is 1. The fourth-order valence-electron chi connectivity index (χ4n) is 3.44. The summed E-state index contributed by atoms with van der Waals surface area (Å²) < 4.78 is 13.3. The Balaban J connectivity index is 1.85. The second-order valence-corrected chi connectivity index (χ2v) is 7.23. The van der Waals surface area contributed by atoms with Crippen molar-refractivity contribution in [2.45, 2.75) is 53.0 Å². The largest absolute Gasteiger partial charge is 0.361 e. The van der Waals surface area contributed by atoms with Gasteiger partial charge in [0.1, 0.15) is 5.82 Å². The van der Waals surface area contributed by atoms with E-state index in [1.807, 2.05) is 12.3 Å². The van der Waals surface area contributed by atoms with Crippen LogP contribution in [0.3, 0.4) is 0 Å². The van der Waals surface area contributed by atoms with Gasteiger partial charge in [-0.05, 0) is 76.5 Å². The number of halogens is 1.